The average molecular weight is 349 g/mol. The van der Waals surface area contributed by atoms with E-state index in [1.807, 2.05) is 6.07 Å². The largest absolute Gasteiger partial charge is 0.458 e. The Morgan fingerprint density at radius 3 is 2.64 bits per heavy atom. The minimum Gasteiger partial charge on any atom is -0.458 e. The first-order valence-electron chi connectivity index (χ1n) is 7.00. The number of carbonyl (C=O) groups is 1. The number of carbonyl (C=O) groups excluding carboxylic acids is 1. The number of benzene rings is 2. The van der Waals surface area contributed by atoms with Crippen LogP contribution in [0.1, 0.15) is 22.3 Å². The Labute approximate surface area is 140 Å². The number of hydrogen-bond acceptors (Lipinski definition) is 3. The summed E-state index contributed by atoms with van der Waals surface area (Å²) in [6.07, 6.45) is -2.37. The fourth-order valence-corrected chi connectivity index (χ4v) is 1.93. The van der Waals surface area contributed by atoms with Crippen molar-refractivity contribution < 1.29 is 27.1 Å². The van der Waals surface area contributed by atoms with E-state index in [4.69, 9.17) is 10.00 Å². The number of alkyl halides is 3. The van der Waals surface area contributed by atoms with Gasteiger partial charge in [0.05, 0.1) is 17.2 Å². The van der Waals surface area contributed by atoms with Crippen molar-refractivity contribution in [2.24, 2.45) is 0 Å². The van der Waals surface area contributed by atoms with Gasteiger partial charge in [-0.2, -0.15) is 18.4 Å². The van der Waals surface area contributed by atoms with E-state index in [0.29, 0.717) is 0 Å². The number of nitrogens with zero attached hydrogens (tertiary/aromatic N) is 1. The van der Waals surface area contributed by atoms with Gasteiger partial charge in [0.2, 0.25) is 0 Å². The highest BCUT2D eigenvalue weighted by Crippen LogP contribution is 2.29. The Bertz CT molecular complexity index is 851. The van der Waals surface area contributed by atoms with Crippen LogP contribution in [0.3, 0.4) is 0 Å². The molecule has 0 unspecified atom stereocenters. The monoisotopic (exact) mass is 349 g/mol. The van der Waals surface area contributed by atoms with Gasteiger partial charge in [0.25, 0.3) is 0 Å². The molecule has 0 aliphatic carbocycles. The summed E-state index contributed by atoms with van der Waals surface area (Å²) in [4.78, 5) is 11.6. The first-order valence-corrected chi connectivity index (χ1v) is 7.00. The van der Waals surface area contributed by atoms with Crippen molar-refractivity contribution in [3.63, 3.8) is 0 Å². The first kappa shape index (κ1) is 18.2. The summed E-state index contributed by atoms with van der Waals surface area (Å²) in [6, 6.07) is 9.87. The first-order chi connectivity index (χ1) is 11.8. The zero-order chi connectivity index (χ0) is 18.4. The molecule has 3 nitrogen and oxygen atoms in total. The summed E-state index contributed by atoms with van der Waals surface area (Å²) < 4.78 is 56.2. The molecule has 0 heterocycles. The molecule has 0 aliphatic rings. The Morgan fingerprint density at radius 2 is 1.96 bits per heavy atom. The van der Waals surface area contributed by atoms with Crippen LogP contribution in [0.25, 0.3) is 6.08 Å². The lowest BCUT2D eigenvalue weighted by atomic mass is 10.1. The Kier molecular flexibility index (Phi) is 5.55. The molecule has 25 heavy (non-hydrogen) atoms. The standard InChI is InChI=1S/C18H11F4NO2/c19-16-6-4-13(10-23)8-14(16)11-25-17(24)7-5-12-2-1-3-15(9-12)18(20,21)22/h1-9H,11H2/b7-5+. The summed E-state index contributed by atoms with van der Waals surface area (Å²) in [6.45, 7) is -0.396. The van der Waals surface area contributed by atoms with Crippen LogP contribution < -0.4 is 0 Å². The maximum atomic E-state index is 13.5. The van der Waals surface area contributed by atoms with Crippen molar-refractivity contribution in [2.75, 3.05) is 0 Å². The highest BCUT2D eigenvalue weighted by Gasteiger charge is 2.30. The topological polar surface area (TPSA) is 50.1 Å². The van der Waals surface area contributed by atoms with Gasteiger partial charge in [-0.25, -0.2) is 9.18 Å². The molecule has 128 valence electrons. The fourth-order valence-electron chi connectivity index (χ4n) is 1.93. The molecule has 0 aromatic heterocycles. The molecule has 0 fully saturated rings. The fraction of sp³-hybridized carbons (Fsp3) is 0.111. The van der Waals surface area contributed by atoms with Gasteiger partial charge in [0, 0.05) is 11.6 Å². The SMILES string of the molecule is N#Cc1ccc(F)c(COC(=O)/C=C/c2cccc(C(F)(F)F)c2)c1. The molecule has 0 N–H and O–H groups in total. The van der Waals surface area contributed by atoms with Crippen molar-refractivity contribution in [3.05, 3.63) is 76.6 Å². The predicted octanol–water partition coefficient (Wildman–Crippen LogP) is 4.47. The van der Waals surface area contributed by atoms with E-state index < -0.39 is 30.1 Å². The van der Waals surface area contributed by atoms with Crippen LogP contribution in [0, 0.1) is 17.1 Å². The third kappa shape index (κ3) is 5.18. The van der Waals surface area contributed by atoms with Crippen LogP contribution in [0.4, 0.5) is 17.6 Å². The van der Waals surface area contributed by atoms with Gasteiger partial charge < -0.3 is 4.74 Å². The molecule has 2 rings (SSSR count). The van der Waals surface area contributed by atoms with E-state index in [2.05, 4.69) is 0 Å². The molecule has 0 atom stereocenters. The second kappa shape index (κ2) is 7.62. The Morgan fingerprint density at radius 1 is 1.20 bits per heavy atom. The Hall–Kier alpha value is -3.14. The smallest absolute Gasteiger partial charge is 0.416 e. The normalized spacial score (nSPS) is 11.3. The molecule has 2 aromatic rings. The van der Waals surface area contributed by atoms with E-state index >= 15 is 0 Å². The molecule has 0 aliphatic heterocycles. The van der Waals surface area contributed by atoms with Crippen LogP contribution in [0.15, 0.2) is 48.5 Å². The number of ether oxygens (including phenoxy) is 1. The summed E-state index contributed by atoms with van der Waals surface area (Å²) in [5, 5.41) is 8.75. The van der Waals surface area contributed by atoms with E-state index in [9.17, 15) is 22.4 Å². The lowest BCUT2D eigenvalue weighted by Crippen LogP contribution is -2.05. The van der Waals surface area contributed by atoms with Gasteiger partial charge >= 0.3 is 12.1 Å². The molecule has 0 bridgehead atoms. The van der Waals surface area contributed by atoms with E-state index in [-0.39, 0.29) is 16.7 Å². The lowest BCUT2D eigenvalue weighted by molar-refractivity contribution is -0.139. The van der Waals surface area contributed by atoms with Crippen LogP contribution in [0.2, 0.25) is 0 Å². The maximum absolute atomic E-state index is 13.5. The summed E-state index contributed by atoms with van der Waals surface area (Å²) in [7, 11) is 0. The molecule has 0 amide bonds. The number of hydrogen-bond donors (Lipinski definition) is 0. The van der Waals surface area contributed by atoms with Crippen LogP contribution in [0.5, 0.6) is 0 Å². The third-order valence-corrected chi connectivity index (χ3v) is 3.17. The zero-order valence-electron chi connectivity index (χ0n) is 12.7. The van der Waals surface area contributed by atoms with Gasteiger partial charge in [-0.3, -0.25) is 0 Å². The van der Waals surface area contributed by atoms with Crippen molar-refractivity contribution >= 4 is 12.0 Å². The van der Waals surface area contributed by atoms with Crippen molar-refractivity contribution in [3.8, 4) is 6.07 Å². The van der Waals surface area contributed by atoms with Crippen molar-refractivity contribution in [1.82, 2.24) is 0 Å². The molecular weight excluding hydrogens is 338 g/mol. The summed E-state index contributed by atoms with van der Waals surface area (Å²) >= 11 is 0. The second-order valence-corrected chi connectivity index (χ2v) is 4.98. The third-order valence-electron chi connectivity index (χ3n) is 3.17. The Balaban J connectivity index is 2.01. The van der Waals surface area contributed by atoms with Gasteiger partial charge in [0.15, 0.2) is 0 Å². The van der Waals surface area contributed by atoms with E-state index in [1.165, 1.54) is 30.3 Å². The number of halogens is 4. The van der Waals surface area contributed by atoms with Crippen molar-refractivity contribution in [2.45, 2.75) is 12.8 Å². The molecule has 7 heteroatoms. The van der Waals surface area contributed by atoms with Crippen LogP contribution in [-0.4, -0.2) is 5.97 Å². The molecule has 0 saturated carbocycles. The highest BCUT2D eigenvalue weighted by atomic mass is 19.4. The molecule has 0 radical (unpaired) electrons. The van der Waals surface area contributed by atoms with Gasteiger partial charge in [-0.1, -0.05) is 12.1 Å². The summed E-state index contributed by atoms with van der Waals surface area (Å²) in [5.41, 5.74) is -0.422. The van der Waals surface area contributed by atoms with Crippen molar-refractivity contribution in [1.29, 1.82) is 5.26 Å². The van der Waals surface area contributed by atoms with Crippen LogP contribution >= 0.6 is 0 Å². The maximum Gasteiger partial charge on any atom is 0.416 e. The number of nitriles is 1. The van der Waals surface area contributed by atoms with E-state index in [0.717, 1.165) is 24.3 Å². The van der Waals surface area contributed by atoms with Gasteiger partial charge in [0.1, 0.15) is 12.4 Å². The van der Waals surface area contributed by atoms with Gasteiger partial charge in [-0.15, -0.1) is 0 Å². The highest BCUT2D eigenvalue weighted by molar-refractivity contribution is 5.87. The average Bonchev–Trinajstić information content (AvgIpc) is 2.58. The number of esters is 1. The second-order valence-electron chi connectivity index (χ2n) is 4.98. The molecule has 0 spiro atoms. The molecule has 0 saturated heterocycles. The predicted molar refractivity (Wildman–Crippen MR) is 81.4 cm³/mol. The minimum atomic E-state index is -4.48. The van der Waals surface area contributed by atoms with E-state index in [1.54, 1.807) is 0 Å². The zero-order valence-corrected chi connectivity index (χ0v) is 12.7. The lowest BCUT2D eigenvalue weighted by Gasteiger charge is -2.06. The summed E-state index contributed by atoms with van der Waals surface area (Å²) in [5.74, 6) is -1.48. The minimum absolute atomic E-state index is 0.0277. The van der Waals surface area contributed by atoms with Gasteiger partial charge in [-0.05, 0) is 42.0 Å². The molecule has 2 aromatic carbocycles. The number of rotatable bonds is 4. The molecular formula is C18H11F4NO2. The quantitative estimate of drug-likeness (QED) is 0.465. The van der Waals surface area contributed by atoms with Crippen LogP contribution in [-0.2, 0) is 22.3 Å².